The third kappa shape index (κ3) is 5.96. The molecule has 66 valence electrons. The minimum absolute atomic E-state index is 1.19. The molecule has 0 saturated heterocycles. The predicted molar refractivity (Wildman–Crippen MR) is 51.6 cm³/mol. The molecule has 0 aromatic rings. The van der Waals surface area contributed by atoms with Gasteiger partial charge in [-0.3, -0.25) is 0 Å². The second-order valence-corrected chi connectivity index (χ2v) is 2.87. The van der Waals surface area contributed by atoms with Crippen molar-refractivity contribution in [3.8, 4) is 0 Å². The molecule has 0 aliphatic carbocycles. The Morgan fingerprint density at radius 2 is 2.00 bits per heavy atom. The molecular weight excluding hydrogens is 134 g/mol. The molecule has 1 N–H and O–H groups in total. The summed E-state index contributed by atoms with van der Waals surface area (Å²) in [5.74, 6) is 0. The van der Waals surface area contributed by atoms with Crippen LogP contribution in [-0.2, 0) is 0 Å². The van der Waals surface area contributed by atoms with Crippen LogP contribution in [0.2, 0.25) is 0 Å². The predicted octanol–water partition coefficient (Wildman–Crippen LogP) is 3.08. The molecule has 0 bridgehead atoms. The zero-order valence-electron chi connectivity index (χ0n) is 8.11. The Bertz CT molecular complexity index is 105. The summed E-state index contributed by atoms with van der Waals surface area (Å²) in [4.78, 5) is 0. The Kier molecular flexibility index (Phi) is 7.33. The van der Waals surface area contributed by atoms with Crippen LogP contribution in [0.15, 0.2) is 11.8 Å². The van der Waals surface area contributed by atoms with Gasteiger partial charge in [-0.15, -0.1) is 0 Å². The van der Waals surface area contributed by atoms with Gasteiger partial charge in [-0.05, 0) is 12.8 Å². The molecule has 1 heteroatoms. The molecule has 0 amide bonds. The molecule has 0 unspecified atom stereocenters. The van der Waals surface area contributed by atoms with E-state index in [-0.39, 0.29) is 0 Å². The fraction of sp³-hybridized carbons (Fsp3) is 0.800. The van der Waals surface area contributed by atoms with E-state index < -0.39 is 0 Å². The quantitative estimate of drug-likeness (QED) is 0.581. The first-order valence-corrected chi connectivity index (χ1v) is 4.71. The van der Waals surface area contributed by atoms with Crippen LogP contribution in [-0.4, -0.2) is 7.05 Å². The maximum absolute atomic E-state index is 3.22. The van der Waals surface area contributed by atoms with Crippen molar-refractivity contribution in [2.75, 3.05) is 7.05 Å². The Morgan fingerprint density at radius 3 is 2.45 bits per heavy atom. The summed E-state index contributed by atoms with van der Waals surface area (Å²) in [6, 6.07) is 0. The van der Waals surface area contributed by atoms with Gasteiger partial charge in [0.2, 0.25) is 0 Å². The molecule has 0 radical (unpaired) electrons. The standard InChI is InChI=1S/C10H21N/c1-4-6-7-9-10(11-3)8-5-2/h9,11H,4-8H2,1-3H3/b10-9+. The van der Waals surface area contributed by atoms with E-state index in [4.69, 9.17) is 0 Å². The molecule has 0 spiro atoms. The van der Waals surface area contributed by atoms with Gasteiger partial charge in [0, 0.05) is 12.7 Å². The van der Waals surface area contributed by atoms with Crippen molar-refractivity contribution in [3.63, 3.8) is 0 Å². The lowest BCUT2D eigenvalue weighted by molar-refractivity contribution is 0.770. The minimum atomic E-state index is 1.19. The Balaban J connectivity index is 3.52. The smallest absolute Gasteiger partial charge is 0.00634 e. The Hall–Kier alpha value is -0.460. The van der Waals surface area contributed by atoms with Gasteiger partial charge in [-0.2, -0.15) is 0 Å². The number of allylic oxidation sites excluding steroid dienone is 2. The van der Waals surface area contributed by atoms with Gasteiger partial charge >= 0.3 is 0 Å². The van der Waals surface area contributed by atoms with E-state index in [9.17, 15) is 0 Å². The molecule has 0 fully saturated rings. The average molecular weight is 155 g/mol. The topological polar surface area (TPSA) is 12.0 Å². The minimum Gasteiger partial charge on any atom is -0.392 e. The second-order valence-electron chi connectivity index (χ2n) is 2.87. The molecule has 0 saturated carbocycles. The molecule has 0 aromatic heterocycles. The first-order chi connectivity index (χ1) is 5.35. The number of rotatable bonds is 6. The zero-order valence-corrected chi connectivity index (χ0v) is 8.11. The summed E-state index contributed by atoms with van der Waals surface area (Å²) < 4.78 is 0. The van der Waals surface area contributed by atoms with Crippen LogP contribution in [0.1, 0.15) is 46.0 Å². The van der Waals surface area contributed by atoms with Crippen molar-refractivity contribution in [2.24, 2.45) is 0 Å². The maximum Gasteiger partial charge on any atom is 0.00634 e. The molecule has 0 aliphatic rings. The lowest BCUT2D eigenvalue weighted by atomic mass is 10.2. The van der Waals surface area contributed by atoms with Crippen molar-refractivity contribution in [2.45, 2.75) is 46.0 Å². The SMILES string of the molecule is CCCC/C=C(\CCC)NC. The number of unbranched alkanes of at least 4 members (excludes halogenated alkanes) is 2. The van der Waals surface area contributed by atoms with E-state index in [1.807, 2.05) is 7.05 Å². The fourth-order valence-electron chi connectivity index (χ4n) is 1.08. The normalized spacial score (nSPS) is 11.7. The monoisotopic (exact) mass is 155 g/mol. The molecule has 11 heavy (non-hydrogen) atoms. The van der Waals surface area contributed by atoms with Gasteiger partial charge < -0.3 is 5.32 Å². The summed E-state index contributed by atoms with van der Waals surface area (Å²) in [7, 11) is 2.01. The molecule has 0 atom stereocenters. The average Bonchev–Trinajstić information content (AvgIpc) is 2.03. The van der Waals surface area contributed by atoms with Gasteiger partial charge in [0.1, 0.15) is 0 Å². The van der Waals surface area contributed by atoms with Crippen molar-refractivity contribution in [1.82, 2.24) is 5.32 Å². The lowest BCUT2D eigenvalue weighted by Crippen LogP contribution is -2.04. The summed E-state index contributed by atoms with van der Waals surface area (Å²) in [6.07, 6.45) is 8.59. The fourth-order valence-corrected chi connectivity index (χ4v) is 1.08. The molecule has 0 rings (SSSR count). The first-order valence-electron chi connectivity index (χ1n) is 4.71. The van der Waals surface area contributed by atoms with Gasteiger partial charge in [-0.1, -0.05) is 39.2 Å². The van der Waals surface area contributed by atoms with Crippen LogP contribution >= 0.6 is 0 Å². The molecule has 0 aromatic carbocycles. The first kappa shape index (κ1) is 10.5. The van der Waals surface area contributed by atoms with Crippen molar-refractivity contribution in [3.05, 3.63) is 11.8 Å². The van der Waals surface area contributed by atoms with E-state index in [1.54, 1.807) is 0 Å². The van der Waals surface area contributed by atoms with Crippen molar-refractivity contribution >= 4 is 0 Å². The molecular formula is C10H21N. The highest BCUT2D eigenvalue weighted by atomic mass is 14.8. The largest absolute Gasteiger partial charge is 0.392 e. The second kappa shape index (κ2) is 7.64. The zero-order chi connectivity index (χ0) is 8.53. The number of nitrogens with one attached hydrogen (secondary N) is 1. The van der Waals surface area contributed by atoms with E-state index in [0.29, 0.717) is 0 Å². The van der Waals surface area contributed by atoms with Crippen molar-refractivity contribution < 1.29 is 0 Å². The van der Waals surface area contributed by atoms with E-state index >= 15 is 0 Å². The number of hydrogen-bond donors (Lipinski definition) is 1. The van der Waals surface area contributed by atoms with E-state index in [1.165, 1.54) is 37.8 Å². The summed E-state index contributed by atoms with van der Waals surface area (Å²) in [5, 5.41) is 3.22. The molecule has 0 aliphatic heterocycles. The van der Waals surface area contributed by atoms with Crippen LogP contribution in [0.25, 0.3) is 0 Å². The van der Waals surface area contributed by atoms with Crippen LogP contribution in [0.5, 0.6) is 0 Å². The van der Waals surface area contributed by atoms with E-state index in [0.717, 1.165) is 0 Å². The van der Waals surface area contributed by atoms with Crippen LogP contribution in [0.3, 0.4) is 0 Å². The van der Waals surface area contributed by atoms with Gasteiger partial charge in [0.15, 0.2) is 0 Å². The Labute approximate surface area is 70.9 Å². The third-order valence-electron chi connectivity index (χ3n) is 1.79. The highest BCUT2D eigenvalue weighted by Crippen LogP contribution is 2.04. The van der Waals surface area contributed by atoms with Crippen LogP contribution < -0.4 is 5.32 Å². The highest BCUT2D eigenvalue weighted by Gasteiger charge is 1.89. The van der Waals surface area contributed by atoms with Crippen molar-refractivity contribution in [1.29, 1.82) is 0 Å². The third-order valence-corrected chi connectivity index (χ3v) is 1.79. The van der Waals surface area contributed by atoms with Crippen LogP contribution in [0.4, 0.5) is 0 Å². The number of hydrogen-bond acceptors (Lipinski definition) is 1. The summed E-state index contributed by atoms with van der Waals surface area (Å²) in [5.41, 5.74) is 1.40. The summed E-state index contributed by atoms with van der Waals surface area (Å²) >= 11 is 0. The molecule has 1 nitrogen and oxygen atoms in total. The highest BCUT2D eigenvalue weighted by molar-refractivity contribution is 4.97. The summed E-state index contributed by atoms with van der Waals surface area (Å²) in [6.45, 7) is 4.44. The van der Waals surface area contributed by atoms with E-state index in [2.05, 4.69) is 25.2 Å². The van der Waals surface area contributed by atoms with Crippen LogP contribution in [0, 0.1) is 0 Å². The maximum atomic E-state index is 3.22. The Morgan fingerprint density at radius 1 is 1.27 bits per heavy atom. The molecule has 0 heterocycles. The van der Waals surface area contributed by atoms with Gasteiger partial charge in [-0.25, -0.2) is 0 Å². The lowest BCUT2D eigenvalue weighted by Gasteiger charge is -2.03. The van der Waals surface area contributed by atoms with Gasteiger partial charge in [0.25, 0.3) is 0 Å². The van der Waals surface area contributed by atoms with Gasteiger partial charge in [0.05, 0.1) is 0 Å².